The predicted molar refractivity (Wildman–Crippen MR) is 167 cm³/mol. The van der Waals surface area contributed by atoms with Crippen LogP contribution in [0.4, 0.5) is 5.69 Å². The van der Waals surface area contributed by atoms with Crippen LogP contribution in [0.2, 0.25) is 20.1 Å². The molecule has 1 atom stereocenters. The Hall–Kier alpha value is -2.49. The van der Waals surface area contributed by atoms with Crippen LogP contribution in [-0.2, 0) is 32.6 Å². The Labute approximate surface area is 261 Å². The van der Waals surface area contributed by atoms with Crippen LogP contribution in [0.5, 0.6) is 0 Å². The summed E-state index contributed by atoms with van der Waals surface area (Å²) in [6.07, 6.45) is 1.14. The minimum Gasteiger partial charge on any atom is -0.350 e. The first-order valence-corrected chi connectivity index (χ1v) is 15.9. The van der Waals surface area contributed by atoms with Crippen molar-refractivity contribution in [3.05, 3.63) is 97.9 Å². The number of anilines is 1. The molecule has 0 aliphatic carbocycles. The Bertz CT molecular complexity index is 1510. The summed E-state index contributed by atoms with van der Waals surface area (Å²) in [5.74, 6) is -1.05. The summed E-state index contributed by atoms with van der Waals surface area (Å²) in [5.41, 5.74) is 0.813. The molecular formula is C29H31Cl4N3O4S. The quantitative estimate of drug-likeness (QED) is 0.265. The maximum absolute atomic E-state index is 14.1. The minimum atomic E-state index is -3.99. The molecule has 7 nitrogen and oxygen atoms in total. The maximum Gasteiger partial charge on any atom is 0.244 e. The SMILES string of the molecule is CC(C)(C)NC(=O)[C@H](Cc1ccccc1)N(Cc1ccc(Cl)cc1Cl)C(=O)CN(c1ccc(Cl)cc1Cl)S(C)(=O)=O. The van der Waals surface area contributed by atoms with Crippen molar-refractivity contribution in [2.45, 2.75) is 45.3 Å². The fraction of sp³-hybridized carbons (Fsp3) is 0.310. The van der Waals surface area contributed by atoms with Crippen LogP contribution >= 0.6 is 46.4 Å². The van der Waals surface area contributed by atoms with Crippen molar-refractivity contribution >= 4 is 73.9 Å². The van der Waals surface area contributed by atoms with Crippen LogP contribution in [0.25, 0.3) is 0 Å². The van der Waals surface area contributed by atoms with E-state index in [1.165, 1.54) is 23.1 Å². The summed E-state index contributed by atoms with van der Waals surface area (Å²) in [5, 5.41) is 4.02. The molecule has 1 N–H and O–H groups in total. The van der Waals surface area contributed by atoms with E-state index in [1.807, 2.05) is 51.1 Å². The number of carbonyl (C=O) groups excluding carboxylic acids is 2. The number of benzene rings is 3. The van der Waals surface area contributed by atoms with Gasteiger partial charge in [-0.15, -0.1) is 0 Å². The average Bonchev–Trinajstić information content (AvgIpc) is 2.85. The highest BCUT2D eigenvalue weighted by Gasteiger charge is 2.35. The van der Waals surface area contributed by atoms with Crippen molar-refractivity contribution in [3.8, 4) is 0 Å². The molecule has 3 aromatic carbocycles. The highest BCUT2D eigenvalue weighted by molar-refractivity contribution is 7.92. The minimum absolute atomic E-state index is 0.0503. The number of carbonyl (C=O) groups is 2. The van der Waals surface area contributed by atoms with Gasteiger partial charge in [0.1, 0.15) is 12.6 Å². The monoisotopic (exact) mass is 657 g/mol. The van der Waals surface area contributed by atoms with Crippen molar-refractivity contribution in [3.63, 3.8) is 0 Å². The van der Waals surface area contributed by atoms with Crippen LogP contribution in [0.1, 0.15) is 31.9 Å². The van der Waals surface area contributed by atoms with Gasteiger partial charge >= 0.3 is 0 Å². The van der Waals surface area contributed by atoms with E-state index in [2.05, 4.69) is 5.32 Å². The topological polar surface area (TPSA) is 86.8 Å². The molecule has 0 saturated heterocycles. The molecule has 0 bridgehead atoms. The molecule has 0 spiro atoms. The predicted octanol–water partition coefficient (Wildman–Crippen LogP) is 6.62. The van der Waals surface area contributed by atoms with Gasteiger partial charge in [-0.3, -0.25) is 13.9 Å². The second kappa shape index (κ2) is 13.7. The number of halogens is 4. The molecule has 0 radical (unpaired) electrons. The molecule has 3 aromatic rings. The molecule has 2 amide bonds. The Morgan fingerprint density at radius 2 is 1.46 bits per heavy atom. The molecule has 12 heteroatoms. The average molecular weight is 659 g/mol. The lowest BCUT2D eigenvalue weighted by atomic mass is 10.0. The van der Waals surface area contributed by atoms with Crippen molar-refractivity contribution in [2.24, 2.45) is 0 Å². The Balaban J connectivity index is 2.12. The van der Waals surface area contributed by atoms with Gasteiger partial charge in [-0.25, -0.2) is 8.42 Å². The van der Waals surface area contributed by atoms with E-state index in [1.54, 1.807) is 18.2 Å². The summed E-state index contributed by atoms with van der Waals surface area (Å²) >= 11 is 24.9. The largest absolute Gasteiger partial charge is 0.350 e. The molecule has 0 aromatic heterocycles. The fourth-order valence-electron chi connectivity index (χ4n) is 4.12. The molecule has 0 heterocycles. The van der Waals surface area contributed by atoms with Gasteiger partial charge in [0.05, 0.1) is 17.0 Å². The van der Waals surface area contributed by atoms with Crippen LogP contribution in [-0.4, -0.2) is 49.5 Å². The summed E-state index contributed by atoms with van der Waals surface area (Å²) < 4.78 is 26.7. The van der Waals surface area contributed by atoms with Crippen molar-refractivity contribution in [1.29, 1.82) is 0 Å². The number of amides is 2. The second-order valence-corrected chi connectivity index (χ2v) is 14.2. The Morgan fingerprint density at radius 3 is 2.00 bits per heavy atom. The molecule has 0 saturated carbocycles. The van der Waals surface area contributed by atoms with Gasteiger partial charge in [-0.2, -0.15) is 0 Å². The van der Waals surface area contributed by atoms with Gasteiger partial charge < -0.3 is 10.2 Å². The third-order valence-electron chi connectivity index (χ3n) is 5.98. The van der Waals surface area contributed by atoms with E-state index in [0.29, 0.717) is 20.6 Å². The zero-order valence-corrected chi connectivity index (χ0v) is 26.8. The number of rotatable bonds is 10. The molecule has 3 rings (SSSR count). The molecule has 0 unspecified atom stereocenters. The van der Waals surface area contributed by atoms with Crippen molar-refractivity contribution in [2.75, 3.05) is 17.1 Å². The van der Waals surface area contributed by atoms with Crippen LogP contribution in [0.15, 0.2) is 66.7 Å². The lowest BCUT2D eigenvalue weighted by Gasteiger charge is -2.35. The molecule has 0 aliphatic rings. The molecule has 41 heavy (non-hydrogen) atoms. The first-order valence-electron chi connectivity index (χ1n) is 12.6. The second-order valence-electron chi connectivity index (χ2n) is 10.6. The number of nitrogens with zero attached hydrogens (tertiary/aromatic N) is 2. The number of sulfonamides is 1. The zero-order chi connectivity index (χ0) is 30.5. The lowest BCUT2D eigenvalue weighted by molar-refractivity contribution is -0.140. The van der Waals surface area contributed by atoms with Crippen LogP contribution in [0, 0.1) is 0 Å². The summed E-state index contributed by atoms with van der Waals surface area (Å²) in [6.45, 7) is 4.79. The molecular weight excluding hydrogens is 628 g/mol. The van der Waals surface area contributed by atoms with E-state index in [9.17, 15) is 18.0 Å². The standard InChI is InChI=1S/C29H31Cl4N3O4S/c1-29(2,3)34-28(38)26(14-19-8-6-5-7-9-19)35(17-20-10-11-21(30)15-23(20)32)27(37)18-36(41(4,39)40)25-13-12-22(31)16-24(25)33/h5-13,15-16,26H,14,17-18H2,1-4H3,(H,34,38)/t26-/m0/s1. The van der Waals surface area contributed by atoms with Crippen LogP contribution in [0.3, 0.4) is 0 Å². The maximum atomic E-state index is 14.1. The molecule has 0 fully saturated rings. The smallest absolute Gasteiger partial charge is 0.244 e. The van der Waals surface area contributed by atoms with E-state index >= 15 is 0 Å². The molecule has 0 aliphatic heterocycles. The highest BCUT2D eigenvalue weighted by atomic mass is 35.5. The fourth-order valence-corrected chi connectivity index (χ4v) is 6.01. The Kier molecular flexibility index (Phi) is 11.0. The van der Waals surface area contributed by atoms with E-state index < -0.39 is 40.0 Å². The van der Waals surface area contributed by atoms with E-state index in [0.717, 1.165) is 16.1 Å². The third-order valence-corrected chi connectivity index (χ3v) is 8.23. The third kappa shape index (κ3) is 9.51. The van der Waals surface area contributed by atoms with E-state index in [4.69, 9.17) is 46.4 Å². The number of nitrogens with one attached hydrogen (secondary N) is 1. The first-order chi connectivity index (χ1) is 19.0. The first kappa shape index (κ1) is 33.0. The highest BCUT2D eigenvalue weighted by Crippen LogP contribution is 2.31. The Morgan fingerprint density at radius 1 is 0.878 bits per heavy atom. The summed E-state index contributed by atoms with van der Waals surface area (Å²) in [4.78, 5) is 29.2. The van der Waals surface area contributed by atoms with Gasteiger partial charge in [-0.05, 0) is 62.2 Å². The summed E-state index contributed by atoms with van der Waals surface area (Å²) in [7, 11) is -3.99. The summed E-state index contributed by atoms with van der Waals surface area (Å²) in [6, 6.07) is 17.3. The van der Waals surface area contributed by atoms with Gasteiger partial charge in [-0.1, -0.05) is 82.8 Å². The van der Waals surface area contributed by atoms with E-state index in [-0.39, 0.29) is 23.7 Å². The van der Waals surface area contributed by atoms with Gasteiger partial charge in [0, 0.05) is 33.6 Å². The molecule has 220 valence electrons. The number of hydrogen-bond acceptors (Lipinski definition) is 4. The zero-order valence-electron chi connectivity index (χ0n) is 23.0. The normalized spacial score (nSPS) is 12.5. The van der Waals surface area contributed by atoms with Gasteiger partial charge in [0.25, 0.3) is 0 Å². The lowest BCUT2D eigenvalue weighted by Crippen LogP contribution is -2.56. The van der Waals surface area contributed by atoms with Crippen molar-refractivity contribution in [1.82, 2.24) is 10.2 Å². The number of hydrogen-bond donors (Lipinski definition) is 1. The van der Waals surface area contributed by atoms with Gasteiger partial charge in [0.15, 0.2) is 0 Å². The van der Waals surface area contributed by atoms with Gasteiger partial charge in [0.2, 0.25) is 21.8 Å². The van der Waals surface area contributed by atoms with Crippen LogP contribution < -0.4 is 9.62 Å². The van der Waals surface area contributed by atoms with Crippen molar-refractivity contribution < 1.29 is 18.0 Å².